The summed E-state index contributed by atoms with van der Waals surface area (Å²) in [4.78, 5) is 37.6. The van der Waals surface area contributed by atoms with Crippen LogP contribution in [0, 0.1) is 0 Å². The fraction of sp³-hybridized carbons (Fsp3) is 0.368. The number of hydrogen-bond acceptors (Lipinski definition) is 5. The highest BCUT2D eigenvalue weighted by Gasteiger charge is 2.50. The van der Waals surface area contributed by atoms with Crippen LogP contribution in [0.25, 0.3) is 0 Å². The minimum atomic E-state index is -0.424. The van der Waals surface area contributed by atoms with Gasteiger partial charge in [0.2, 0.25) is 0 Å². The average Bonchev–Trinajstić information content (AvgIpc) is 2.90. The molecule has 7 nitrogen and oxygen atoms in total. The van der Waals surface area contributed by atoms with E-state index in [9.17, 15) is 9.59 Å². The Morgan fingerprint density at radius 1 is 1.23 bits per heavy atom. The molecular weight excluding hydrogens is 332 g/mol. The Morgan fingerprint density at radius 3 is 2.73 bits per heavy atom. The second kappa shape index (κ2) is 6.09. The number of hydrogen-bond donors (Lipinski definition) is 0. The molecule has 0 saturated carbocycles. The number of rotatable bonds is 2. The number of fused-ring (bicyclic) bond motifs is 2. The van der Waals surface area contributed by atoms with Crippen molar-refractivity contribution in [1.82, 2.24) is 19.8 Å². The van der Waals surface area contributed by atoms with Crippen molar-refractivity contribution < 1.29 is 14.3 Å². The van der Waals surface area contributed by atoms with E-state index in [1.54, 1.807) is 35.6 Å². The van der Waals surface area contributed by atoms with Crippen LogP contribution in [0.4, 0.5) is 0 Å². The molecule has 1 fully saturated rings. The number of carbonyl (C=O) groups is 2. The number of pyridine rings is 2. The summed E-state index contributed by atoms with van der Waals surface area (Å²) < 4.78 is 5.26. The van der Waals surface area contributed by atoms with E-state index < -0.39 is 5.54 Å². The molecule has 1 saturated heterocycles. The van der Waals surface area contributed by atoms with E-state index in [1.165, 1.54) is 7.11 Å². The fourth-order valence-electron chi connectivity index (χ4n) is 4.02. The van der Waals surface area contributed by atoms with Crippen LogP contribution < -0.4 is 4.74 Å². The highest BCUT2D eigenvalue weighted by molar-refractivity contribution is 5.99. The molecule has 0 aliphatic carbocycles. The standard InChI is InChI=1S/C19H20N4O3/c1-22-17(24)14-4-3-8-21-16(14)19(22)6-10-23(11-7-19)18(25)13-5-9-20-12-15(13)26-2/h3-5,8-9,12H,6-7,10-11H2,1-2H3. The van der Waals surface area contributed by atoms with Crippen molar-refractivity contribution >= 4 is 11.8 Å². The molecule has 134 valence electrons. The minimum absolute atomic E-state index is 0.00341. The molecule has 0 aromatic carbocycles. The van der Waals surface area contributed by atoms with E-state index in [0.29, 0.717) is 42.8 Å². The minimum Gasteiger partial charge on any atom is -0.494 e. The quantitative estimate of drug-likeness (QED) is 0.822. The highest BCUT2D eigenvalue weighted by atomic mass is 16.5. The number of amides is 2. The summed E-state index contributed by atoms with van der Waals surface area (Å²) in [7, 11) is 3.36. The number of piperidine rings is 1. The third kappa shape index (κ3) is 2.27. The normalized spacial score (nSPS) is 18.2. The van der Waals surface area contributed by atoms with Gasteiger partial charge in [0, 0.05) is 32.5 Å². The predicted octanol–water partition coefficient (Wildman–Crippen LogP) is 1.70. The fourth-order valence-corrected chi connectivity index (χ4v) is 4.02. The van der Waals surface area contributed by atoms with Crippen LogP contribution in [0.2, 0.25) is 0 Å². The first-order valence-corrected chi connectivity index (χ1v) is 8.59. The summed E-state index contributed by atoms with van der Waals surface area (Å²) in [6, 6.07) is 5.29. The molecule has 0 N–H and O–H groups in total. The molecule has 0 radical (unpaired) electrons. The van der Waals surface area contributed by atoms with Gasteiger partial charge in [0.1, 0.15) is 5.75 Å². The zero-order valence-electron chi connectivity index (χ0n) is 14.8. The van der Waals surface area contributed by atoms with Crippen LogP contribution in [0.15, 0.2) is 36.8 Å². The summed E-state index contributed by atoms with van der Waals surface area (Å²) in [5.74, 6) is 0.397. The molecule has 0 bridgehead atoms. The van der Waals surface area contributed by atoms with Crippen LogP contribution in [0.5, 0.6) is 5.75 Å². The van der Waals surface area contributed by atoms with E-state index >= 15 is 0 Å². The van der Waals surface area contributed by atoms with Gasteiger partial charge in [0.25, 0.3) is 11.8 Å². The van der Waals surface area contributed by atoms with Gasteiger partial charge in [-0.1, -0.05) is 0 Å². The van der Waals surface area contributed by atoms with Crippen molar-refractivity contribution in [3.8, 4) is 5.75 Å². The topological polar surface area (TPSA) is 75.6 Å². The molecule has 26 heavy (non-hydrogen) atoms. The van der Waals surface area contributed by atoms with Crippen molar-refractivity contribution in [2.24, 2.45) is 0 Å². The maximum Gasteiger partial charge on any atom is 0.257 e. The smallest absolute Gasteiger partial charge is 0.257 e. The number of likely N-dealkylation sites (tertiary alicyclic amines) is 1. The van der Waals surface area contributed by atoms with Gasteiger partial charge < -0.3 is 14.5 Å². The molecule has 4 heterocycles. The summed E-state index contributed by atoms with van der Waals surface area (Å²) in [5, 5.41) is 0. The number of aromatic nitrogens is 2. The third-order valence-electron chi connectivity index (χ3n) is 5.54. The first-order chi connectivity index (χ1) is 12.6. The monoisotopic (exact) mass is 352 g/mol. The van der Waals surface area contributed by atoms with Crippen molar-refractivity contribution in [3.05, 3.63) is 53.6 Å². The van der Waals surface area contributed by atoms with E-state index in [2.05, 4.69) is 9.97 Å². The summed E-state index contributed by atoms with van der Waals surface area (Å²) in [5.41, 5.74) is 1.59. The summed E-state index contributed by atoms with van der Waals surface area (Å²) >= 11 is 0. The molecule has 4 rings (SSSR count). The number of carbonyl (C=O) groups excluding carboxylic acids is 2. The molecule has 1 spiro atoms. The van der Waals surface area contributed by atoms with E-state index in [-0.39, 0.29) is 11.8 Å². The van der Waals surface area contributed by atoms with Gasteiger partial charge >= 0.3 is 0 Å². The second-order valence-corrected chi connectivity index (χ2v) is 6.66. The highest BCUT2D eigenvalue weighted by Crippen LogP contribution is 2.44. The summed E-state index contributed by atoms with van der Waals surface area (Å²) in [6.07, 6.45) is 6.19. The average molecular weight is 352 g/mol. The van der Waals surface area contributed by atoms with Crippen molar-refractivity contribution in [2.75, 3.05) is 27.2 Å². The third-order valence-corrected chi connectivity index (χ3v) is 5.54. The number of nitrogens with zero attached hydrogens (tertiary/aromatic N) is 4. The lowest BCUT2D eigenvalue weighted by Gasteiger charge is -2.43. The maximum atomic E-state index is 12.9. The first kappa shape index (κ1) is 16.5. The van der Waals surface area contributed by atoms with Gasteiger partial charge in [-0.05, 0) is 31.0 Å². The lowest BCUT2D eigenvalue weighted by molar-refractivity contribution is 0.0335. The Balaban J connectivity index is 1.58. The molecule has 2 amide bonds. The molecular formula is C19H20N4O3. The zero-order chi connectivity index (χ0) is 18.3. The molecule has 2 aromatic heterocycles. The Hall–Kier alpha value is -2.96. The molecule has 0 atom stereocenters. The largest absolute Gasteiger partial charge is 0.494 e. The van der Waals surface area contributed by atoms with E-state index in [0.717, 1.165) is 5.69 Å². The molecule has 2 aliphatic rings. The first-order valence-electron chi connectivity index (χ1n) is 8.59. The summed E-state index contributed by atoms with van der Waals surface area (Å²) in [6.45, 7) is 1.11. The molecule has 2 aromatic rings. The van der Waals surface area contributed by atoms with Crippen LogP contribution in [0.3, 0.4) is 0 Å². The lowest BCUT2D eigenvalue weighted by atomic mass is 9.84. The molecule has 0 unspecified atom stereocenters. The van der Waals surface area contributed by atoms with Gasteiger partial charge in [-0.3, -0.25) is 19.6 Å². The Bertz CT molecular complexity index is 875. The molecule has 2 aliphatic heterocycles. The van der Waals surface area contributed by atoms with Crippen molar-refractivity contribution in [2.45, 2.75) is 18.4 Å². The lowest BCUT2D eigenvalue weighted by Crippen LogP contribution is -2.51. The van der Waals surface area contributed by atoms with Gasteiger partial charge in [-0.2, -0.15) is 0 Å². The Kier molecular flexibility index (Phi) is 3.86. The van der Waals surface area contributed by atoms with Crippen LogP contribution in [-0.4, -0.2) is 58.8 Å². The van der Waals surface area contributed by atoms with Gasteiger partial charge in [-0.25, -0.2) is 0 Å². The SMILES string of the molecule is COc1cnccc1C(=O)N1CCC2(CC1)c1ncccc1C(=O)N2C. The zero-order valence-corrected chi connectivity index (χ0v) is 14.8. The predicted molar refractivity (Wildman–Crippen MR) is 93.9 cm³/mol. The van der Waals surface area contributed by atoms with Crippen LogP contribution >= 0.6 is 0 Å². The molecule has 7 heteroatoms. The number of ether oxygens (including phenoxy) is 1. The van der Waals surface area contributed by atoms with E-state index in [4.69, 9.17) is 4.74 Å². The van der Waals surface area contributed by atoms with Crippen molar-refractivity contribution in [3.63, 3.8) is 0 Å². The van der Waals surface area contributed by atoms with Crippen LogP contribution in [-0.2, 0) is 5.54 Å². The van der Waals surface area contributed by atoms with Gasteiger partial charge in [-0.15, -0.1) is 0 Å². The Morgan fingerprint density at radius 2 is 2.00 bits per heavy atom. The van der Waals surface area contributed by atoms with Gasteiger partial charge in [0.15, 0.2) is 0 Å². The maximum absolute atomic E-state index is 12.9. The van der Waals surface area contributed by atoms with Crippen LogP contribution in [0.1, 0.15) is 39.3 Å². The van der Waals surface area contributed by atoms with Gasteiger partial charge in [0.05, 0.1) is 35.7 Å². The number of methoxy groups -OCH3 is 1. The van der Waals surface area contributed by atoms with E-state index in [1.807, 2.05) is 18.0 Å². The second-order valence-electron chi connectivity index (χ2n) is 6.66. The Labute approximate surface area is 151 Å². The van der Waals surface area contributed by atoms with Crippen molar-refractivity contribution in [1.29, 1.82) is 0 Å².